The number of urea groups is 1. The zero-order valence-corrected chi connectivity index (χ0v) is 14.0. The van der Waals surface area contributed by atoms with E-state index in [0.717, 1.165) is 34.3 Å². The summed E-state index contributed by atoms with van der Waals surface area (Å²) in [7, 11) is 1.79. The Balaban J connectivity index is 1.76. The van der Waals surface area contributed by atoms with Gasteiger partial charge in [-0.2, -0.15) is 0 Å². The van der Waals surface area contributed by atoms with E-state index in [4.69, 9.17) is 0 Å². The molecule has 1 aliphatic carbocycles. The molecule has 1 aromatic rings. The maximum absolute atomic E-state index is 12.0. The fourth-order valence-corrected chi connectivity index (χ4v) is 4.00. The molecule has 4 nitrogen and oxygen atoms in total. The zero-order chi connectivity index (χ0) is 14.5. The van der Waals surface area contributed by atoms with Crippen LogP contribution in [0.25, 0.3) is 0 Å². The minimum atomic E-state index is -0.257. The number of amides is 2. The number of thiophene rings is 1. The SMILES string of the molecule is CN(CC1CCCCC1O)C(=O)NCc1ccc(Br)s1. The van der Waals surface area contributed by atoms with Gasteiger partial charge in [0.05, 0.1) is 16.4 Å². The molecule has 1 aliphatic rings. The molecule has 6 heteroatoms. The van der Waals surface area contributed by atoms with Crippen LogP contribution >= 0.6 is 27.3 Å². The first-order chi connectivity index (χ1) is 9.56. The lowest BCUT2D eigenvalue weighted by Gasteiger charge is -2.31. The largest absolute Gasteiger partial charge is 0.393 e. The van der Waals surface area contributed by atoms with Crippen LogP contribution in [-0.2, 0) is 6.54 Å². The van der Waals surface area contributed by atoms with Crippen LogP contribution in [0.4, 0.5) is 4.79 Å². The van der Waals surface area contributed by atoms with Gasteiger partial charge in [0.15, 0.2) is 0 Å². The van der Waals surface area contributed by atoms with Gasteiger partial charge in [-0.15, -0.1) is 11.3 Å². The summed E-state index contributed by atoms with van der Waals surface area (Å²) in [5.74, 6) is 0.218. The Hall–Kier alpha value is -0.590. The molecule has 2 atom stereocenters. The van der Waals surface area contributed by atoms with E-state index in [0.29, 0.717) is 13.1 Å². The number of aliphatic hydroxyl groups is 1. The van der Waals surface area contributed by atoms with Gasteiger partial charge in [-0.25, -0.2) is 4.79 Å². The van der Waals surface area contributed by atoms with Crippen LogP contribution in [-0.4, -0.2) is 35.7 Å². The zero-order valence-electron chi connectivity index (χ0n) is 11.6. The van der Waals surface area contributed by atoms with Crippen LogP contribution in [0.1, 0.15) is 30.6 Å². The van der Waals surface area contributed by atoms with Gasteiger partial charge in [0.2, 0.25) is 0 Å². The van der Waals surface area contributed by atoms with Crippen LogP contribution < -0.4 is 5.32 Å². The van der Waals surface area contributed by atoms with Crippen LogP contribution in [0.2, 0.25) is 0 Å². The number of carbonyl (C=O) groups is 1. The molecular weight excluding hydrogens is 340 g/mol. The van der Waals surface area contributed by atoms with Gasteiger partial charge in [-0.3, -0.25) is 0 Å². The van der Waals surface area contributed by atoms with E-state index < -0.39 is 0 Å². The Bertz CT molecular complexity index is 452. The summed E-state index contributed by atoms with van der Waals surface area (Å²) in [6, 6.07) is 3.90. The highest BCUT2D eigenvalue weighted by atomic mass is 79.9. The second kappa shape index (κ2) is 7.43. The van der Waals surface area contributed by atoms with E-state index in [2.05, 4.69) is 21.2 Å². The van der Waals surface area contributed by atoms with Crippen molar-refractivity contribution in [3.8, 4) is 0 Å². The first kappa shape index (κ1) is 15.8. The van der Waals surface area contributed by atoms with Crippen molar-refractivity contribution in [3.05, 3.63) is 20.8 Å². The molecule has 1 aromatic heterocycles. The number of halogens is 1. The maximum atomic E-state index is 12.0. The maximum Gasteiger partial charge on any atom is 0.317 e. The molecule has 0 aliphatic heterocycles. The highest BCUT2D eigenvalue weighted by Gasteiger charge is 2.25. The van der Waals surface area contributed by atoms with Crippen LogP contribution in [0.3, 0.4) is 0 Å². The second-order valence-electron chi connectivity index (χ2n) is 5.36. The fraction of sp³-hybridized carbons (Fsp3) is 0.643. The third-order valence-corrected chi connectivity index (χ3v) is 5.39. The summed E-state index contributed by atoms with van der Waals surface area (Å²) in [4.78, 5) is 14.8. The third kappa shape index (κ3) is 4.46. The van der Waals surface area contributed by atoms with Crippen LogP contribution in [0.5, 0.6) is 0 Å². The molecule has 1 fully saturated rings. The molecule has 0 radical (unpaired) electrons. The fourth-order valence-electron chi connectivity index (χ4n) is 2.58. The van der Waals surface area contributed by atoms with Gasteiger partial charge < -0.3 is 15.3 Å². The topological polar surface area (TPSA) is 52.6 Å². The Morgan fingerprint density at radius 1 is 1.50 bits per heavy atom. The molecule has 0 spiro atoms. The average molecular weight is 361 g/mol. The number of hydrogen-bond donors (Lipinski definition) is 2. The van der Waals surface area contributed by atoms with Crippen molar-refractivity contribution in [2.24, 2.45) is 5.92 Å². The van der Waals surface area contributed by atoms with Gasteiger partial charge in [-0.05, 0) is 40.9 Å². The third-order valence-electron chi connectivity index (χ3n) is 3.77. The van der Waals surface area contributed by atoms with Crippen molar-refractivity contribution < 1.29 is 9.90 Å². The van der Waals surface area contributed by atoms with Gasteiger partial charge >= 0.3 is 6.03 Å². The minimum Gasteiger partial charge on any atom is -0.393 e. The molecule has 2 unspecified atom stereocenters. The standard InChI is InChI=1S/C14H21BrN2O2S/c1-17(9-10-4-2-3-5-12(10)18)14(19)16-8-11-6-7-13(15)20-11/h6-7,10,12,18H,2-5,8-9H2,1H3,(H,16,19). The summed E-state index contributed by atoms with van der Waals surface area (Å²) < 4.78 is 1.07. The normalized spacial score (nSPS) is 22.6. The quantitative estimate of drug-likeness (QED) is 0.865. The first-order valence-electron chi connectivity index (χ1n) is 6.97. The summed E-state index contributed by atoms with van der Waals surface area (Å²) in [6.45, 7) is 1.17. The predicted octanol–water partition coefficient (Wildman–Crippen LogP) is 3.20. The smallest absolute Gasteiger partial charge is 0.317 e. The van der Waals surface area contributed by atoms with E-state index in [9.17, 15) is 9.90 Å². The highest BCUT2D eigenvalue weighted by molar-refractivity contribution is 9.11. The molecule has 2 amide bonds. The Morgan fingerprint density at radius 2 is 2.25 bits per heavy atom. The van der Waals surface area contributed by atoms with Crippen molar-refractivity contribution in [3.63, 3.8) is 0 Å². The summed E-state index contributed by atoms with van der Waals surface area (Å²) in [5.41, 5.74) is 0. The molecule has 2 N–H and O–H groups in total. The van der Waals surface area contributed by atoms with Gasteiger partial charge in [0, 0.05) is 24.4 Å². The van der Waals surface area contributed by atoms with E-state index in [1.54, 1.807) is 23.3 Å². The van der Waals surface area contributed by atoms with Crippen LogP contribution in [0, 0.1) is 5.92 Å². The number of aliphatic hydroxyl groups excluding tert-OH is 1. The average Bonchev–Trinajstić information content (AvgIpc) is 2.84. The predicted molar refractivity (Wildman–Crippen MR) is 84.8 cm³/mol. The molecule has 1 saturated carbocycles. The first-order valence-corrected chi connectivity index (χ1v) is 8.58. The van der Waals surface area contributed by atoms with Crippen molar-refractivity contribution in [1.82, 2.24) is 10.2 Å². The summed E-state index contributed by atoms with van der Waals surface area (Å²) >= 11 is 5.03. The van der Waals surface area contributed by atoms with E-state index in [1.165, 1.54) is 0 Å². The van der Waals surface area contributed by atoms with E-state index in [1.807, 2.05) is 12.1 Å². The van der Waals surface area contributed by atoms with Crippen molar-refractivity contribution in [2.45, 2.75) is 38.3 Å². The summed E-state index contributed by atoms with van der Waals surface area (Å²) in [5, 5.41) is 12.9. The highest BCUT2D eigenvalue weighted by Crippen LogP contribution is 2.25. The van der Waals surface area contributed by atoms with E-state index in [-0.39, 0.29) is 18.1 Å². The molecule has 20 heavy (non-hydrogen) atoms. The molecule has 0 saturated heterocycles. The lowest BCUT2D eigenvalue weighted by molar-refractivity contribution is 0.0565. The molecule has 1 heterocycles. The number of rotatable bonds is 4. The van der Waals surface area contributed by atoms with Crippen molar-refractivity contribution in [1.29, 1.82) is 0 Å². The number of carbonyl (C=O) groups excluding carboxylic acids is 1. The number of hydrogen-bond acceptors (Lipinski definition) is 3. The lowest BCUT2D eigenvalue weighted by Crippen LogP contribution is -2.42. The monoisotopic (exact) mass is 360 g/mol. The second-order valence-corrected chi connectivity index (χ2v) is 7.90. The Labute approximate surface area is 132 Å². The lowest BCUT2D eigenvalue weighted by atomic mass is 9.86. The number of nitrogens with one attached hydrogen (secondary N) is 1. The molecule has 0 aromatic carbocycles. The molecule has 112 valence electrons. The summed E-state index contributed by atoms with van der Waals surface area (Å²) in [6.07, 6.45) is 3.87. The van der Waals surface area contributed by atoms with Gasteiger partial charge in [0.1, 0.15) is 0 Å². The van der Waals surface area contributed by atoms with Gasteiger partial charge in [-0.1, -0.05) is 12.8 Å². The van der Waals surface area contributed by atoms with E-state index >= 15 is 0 Å². The van der Waals surface area contributed by atoms with Crippen molar-refractivity contribution >= 4 is 33.3 Å². The Morgan fingerprint density at radius 3 is 2.90 bits per heavy atom. The van der Waals surface area contributed by atoms with Crippen LogP contribution in [0.15, 0.2) is 15.9 Å². The minimum absolute atomic E-state index is 0.0766. The van der Waals surface area contributed by atoms with Crippen molar-refractivity contribution in [2.75, 3.05) is 13.6 Å². The molecule has 0 bridgehead atoms. The molecule has 2 rings (SSSR count). The molecular formula is C14H21BrN2O2S. The Kier molecular flexibility index (Phi) is 5.86. The van der Waals surface area contributed by atoms with Gasteiger partial charge in [0.25, 0.3) is 0 Å². The number of nitrogens with zero attached hydrogens (tertiary/aromatic N) is 1.